The smallest absolute Gasteiger partial charge is 0.272 e. The number of nitrogens with zero attached hydrogens (tertiary/aromatic N) is 1. The maximum atomic E-state index is 14.1. The molecule has 0 saturated carbocycles. The number of nitrogens with one attached hydrogen (secondary N) is 3. The average molecular weight is 567 g/mol. The number of anilines is 2. The highest BCUT2D eigenvalue weighted by Gasteiger charge is 2.20. The lowest BCUT2D eigenvalue weighted by Gasteiger charge is -2.15. The summed E-state index contributed by atoms with van der Waals surface area (Å²) in [7, 11) is 0. The van der Waals surface area contributed by atoms with E-state index in [1.54, 1.807) is 60.9 Å². The highest BCUT2D eigenvalue weighted by molar-refractivity contribution is 6.34. The first kappa shape index (κ1) is 28.8. The Bertz CT molecular complexity index is 1610. The number of halogens is 3. The first-order valence-corrected chi connectivity index (χ1v) is 13.1. The molecule has 0 aliphatic rings. The van der Waals surface area contributed by atoms with Gasteiger partial charge in [-0.2, -0.15) is 0 Å². The Hall–Kier alpha value is -4.24. The van der Waals surface area contributed by atoms with Crippen molar-refractivity contribution >= 4 is 51.6 Å². The van der Waals surface area contributed by atoms with Crippen molar-refractivity contribution < 1.29 is 23.2 Å². The summed E-state index contributed by atoms with van der Waals surface area (Å²) in [5, 5.41) is 9.08. The van der Waals surface area contributed by atoms with E-state index in [1.165, 1.54) is 0 Å². The van der Waals surface area contributed by atoms with Crippen molar-refractivity contribution in [1.82, 2.24) is 9.88 Å². The van der Waals surface area contributed by atoms with Gasteiger partial charge in [-0.1, -0.05) is 31.5 Å². The third kappa shape index (κ3) is 6.31. The summed E-state index contributed by atoms with van der Waals surface area (Å²) in [4.78, 5) is 38.1. The number of amides is 3. The molecule has 0 spiro atoms. The second-order valence-corrected chi connectivity index (χ2v) is 10.4. The zero-order chi connectivity index (χ0) is 29.1. The normalized spacial score (nSPS) is 11.2. The van der Waals surface area contributed by atoms with E-state index in [-0.39, 0.29) is 46.4 Å². The molecule has 0 atom stereocenters. The zero-order valence-corrected chi connectivity index (χ0v) is 23.2. The van der Waals surface area contributed by atoms with Gasteiger partial charge >= 0.3 is 0 Å². The second-order valence-electron chi connectivity index (χ2n) is 9.99. The molecule has 0 radical (unpaired) electrons. The molecule has 3 amide bonds. The van der Waals surface area contributed by atoms with Gasteiger partial charge in [-0.15, -0.1) is 0 Å². The fourth-order valence-corrected chi connectivity index (χ4v) is 4.47. The zero-order valence-electron chi connectivity index (χ0n) is 22.4. The Morgan fingerprint density at radius 1 is 0.875 bits per heavy atom. The minimum Gasteiger partial charge on any atom is -0.352 e. The van der Waals surface area contributed by atoms with Crippen LogP contribution in [0.25, 0.3) is 10.9 Å². The molecule has 40 heavy (non-hydrogen) atoms. The van der Waals surface area contributed by atoms with Gasteiger partial charge in [-0.3, -0.25) is 14.4 Å². The van der Waals surface area contributed by atoms with Crippen LogP contribution in [-0.4, -0.2) is 22.3 Å². The molecule has 4 aromatic rings. The molecular weight excluding hydrogens is 538 g/mol. The van der Waals surface area contributed by atoms with Gasteiger partial charge in [-0.25, -0.2) is 8.78 Å². The summed E-state index contributed by atoms with van der Waals surface area (Å²) in [5.41, 5.74) is 2.32. The van der Waals surface area contributed by atoms with Crippen molar-refractivity contribution in [1.29, 1.82) is 0 Å². The number of hydrogen-bond donors (Lipinski definition) is 3. The molecule has 0 unspecified atom stereocenters. The minimum atomic E-state index is -0.879. The molecule has 208 valence electrons. The Labute approximate surface area is 235 Å². The first-order valence-electron chi connectivity index (χ1n) is 12.7. The first-order chi connectivity index (χ1) is 18.9. The van der Waals surface area contributed by atoms with Crippen molar-refractivity contribution in [3.05, 3.63) is 94.1 Å². The maximum Gasteiger partial charge on any atom is 0.272 e. The van der Waals surface area contributed by atoms with Crippen molar-refractivity contribution in [3.8, 4) is 0 Å². The van der Waals surface area contributed by atoms with E-state index in [1.807, 2.05) is 13.8 Å². The van der Waals surface area contributed by atoms with Crippen LogP contribution in [0.1, 0.15) is 60.1 Å². The van der Waals surface area contributed by atoms with Crippen molar-refractivity contribution in [3.63, 3.8) is 0 Å². The van der Waals surface area contributed by atoms with E-state index in [0.717, 1.165) is 23.2 Å². The van der Waals surface area contributed by atoms with Gasteiger partial charge in [0.05, 0.1) is 16.3 Å². The summed E-state index contributed by atoms with van der Waals surface area (Å²) in [5.74, 6) is -2.88. The summed E-state index contributed by atoms with van der Waals surface area (Å²) in [6.45, 7) is 7.66. The van der Waals surface area contributed by atoms with E-state index in [2.05, 4.69) is 16.0 Å². The molecule has 1 aromatic heterocycles. The summed E-state index contributed by atoms with van der Waals surface area (Å²) in [6, 6.07) is 14.6. The van der Waals surface area contributed by atoms with E-state index >= 15 is 0 Å². The number of carbonyl (C=O) groups excluding carboxylic acids is 3. The SMILES string of the molecule is CC(C)C(=O)NCc1ccc(Cl)c(C(=O)Nc2ccc3c(c2)cc(C(=O)Nc2ccc(F)cc2F)n3C(C)C)c1. The van der Waals surface area contributed by atoms with E-state index in [9.17, 15) is 23.2 Å². The molecule has 7 nitrogen and oxygen atoms in total. The Morgan fingerprint density at radius 2 is 1.62 bits per heavy atom. The molecular formula is C30H29ClF2N4O3. The van der Waals surface area contributed by atoms with Crippen LogP contribution in [0.3, 0.4) is 0 Å². The van der Waals surface area contributed by atoms with Crippen molar-refractivity contribution in [2.24, 2.45) is 5.92 Å². The number of hydrogen-bond acceptors (Lipinski definition) is 3. The molecule has 0 aliphatic heterocycles. The van der Waals surface area contributed by atoms with E-state index in [4.69, 9.17) is 11.6 Å². The molecule has 1 heterocycles. The minimum absolute atomic E-state index is 0.0987. The molecule has 0 bridgehead atoms. The second kappa shape index (κ2) is 11.9. The molecule has 3 N–H and O–H groups in total. The summed E-state index contributed by atoms with van der Waals surface area (Å²) < 4.78 is 29.2. The van der Waals surface area contributed by atoms with Gasteiger partial charge in [0.2, 0.25) is 5.91 Å². The van der Waals surface area contributed by atoms with Crippen molar-refractivity contribution in [2.75, 3.05) is 10.6 Å². The van der Waals surface area contributed by atoms with Gasteiger partial charge < -0.3 is 20.5 Å². The van der Waals surface area contributed by atoms with Crippen LogP contribution in [0.5, 0.6) is 0 Å². The largest absolute Gasteiger partial charge is 0.352 e. The lowest BCUT2D eigenvalue weighted by Crippen LogP contribution is -2.27. The van der Waals surface area contributed by atoms with Gasteiger partial charge in [0, 0.05) is 41.2 Å². The van der Waals surface area contributed by atoms with Gasteiger partial charge in [0.1, 0.15) is 17.3 Å². The molecule has 0 fully saturated rings. The maximum absolute atomic E-state index is 14.1. The predicted octanol–water partition coefficient (Wildman–Crippen LogP) is 6.93. The Morgan fingerprint density at radius 3 is 2.30 bits per heavy atom. The van der Waals surface area contributed by atoms with E-state index < -0.39 is 23.4 Å². The fraction of sp³-hybridized carbons (Fsp3) is 0.233. The Balaban J connectivity index is 1.58. The van der Waals surface area contributed by atoms with E-state index in [0.29, 0.717) is 17.1 Å². The van der Waals surface area contributed by atoms with Crippen LogP contribution in [0.2, 0.25) is 5.02 Å². The van der Waals surface area contributed by atoms with Gasteiger partial charge in [-0.05, 0) is 67.9 Å². The number of fused-ring (bicyclic) bond motifs is 1. The average Bonchev–Trinajstić information content (AvgIpc) is 3.28. The molecule has 3 aromatic carbocycles. The number of carbonyl (C=O) groups is 3. The highest BCUT2D eigenvalue weighted by atomic mass is 35.5. The van der Waals surface area contributed by atoms with Crippen molar-refractivity contribution in [2.45, 2.75) is 40.3 Å². The van der Waals surface area contributed by atoms with Crippen LogP contribution in [0.4, 0.5) is 20.2 Å². The summed E-state index contributed by atoms with van der Waals surface area (Å²) in [6.07, 6.45) is 0. The monoisotopic (exact) mass is 566 g/mol. The fourth-order valence-electron chi connectivity index (χ4n) is 4.27. The third-order valence-electron chi connectivity index (χ3n) is 6.29. The molecule has 0 aliphatic carbocycles. The van der Waals surface area contributed by atoms with Crippen LogP contribution in [0, 0.1) is 17.6 Å². The van der Waals surface area contributed by atoms with Gasteiger partial charge in [0.15, 0.2) is 0 Å². The Kier molecular flexibility index (Phi) is 8.54. The lowest BCUT2D eigenvalue weighted by atomic mass is 10.1. The molecule has 10 heteroatoms. The lowest BCUT2D eigenvalue weighted by molar-refractivity contribution is -0.124. The van der Waals surface area contributed by atoms with Gasteiger partial charge in [0.25, 0.3) is 11.8 Å². The third-order valence-corrected chi connectivity index (χ3v) is 6.62. The number of benzene rings is 3. The van der Waals surface area contributed by atoms with Crippen LogP contribution in [0.15, 0.2) is 60.7 Å². The number of rotatable bonds is 8. The van der Waals surface area contributed by atoms with Crippen LogP contribution in [-0.2, 0) is 11.3 Å². The standard InChI is InChI=1S/C30H29ClF2N4O3/c1-16(2)28(38)34-15-18-5-8-23(31)22(11-18)29(39)35-21-7-10-26-19(12-21)13-27(37(26)17(3)4)30(40)36-25-9-6-20(32)14-24(25)33/h5-14,16-17H,15H2,1-4H3,(H,34,38)(H,35,39)(H,36,40). The predicted molar refractivity (Wildman–Crippen MR) is 153 cm³/mol. The highest BCUT2D eigenvalue weighted by Crippen LogP contribution is 2.29. The quantitative estimate of drug-likeness (QED) is 0.216. The molecule has 4 rings (SSSR count). The molecule has 0 saturated heterocycles. The summed E-state index contributed by atoms with van der Waals surface area (Å²) >= 11 is 6.30. The van der Waals surface area contributed by atoms with Crippen LogP contribution >= 0.6 is 11.6 Å². The topological polar surface area (TPSA) is 92.2 Å². The number of aromatic nitrogens is 1. The van der Waals surface area contributed by atoms with Crippen LogP contribution < -0.4 is 16.0 Å².